The molecule has 0 bridgehead atoms. The van der Waals surface area contributed by atoms with Gasteiger partial charge in [-0.1, -0.05) is 31.9 Å². The molecule has 1 heterocycles. The summed E-state index contributed by atoms with van der Waals surface area (Å²) in [5, 5.41) is 0. The first-order valence-corrected chi connectivity index (χ1v) is 5.30. The Morgan fingerprint density at radius 1 is 1.69 bits per heavy atom. The molecule has 0 radical (unpaired) electrons. The van der Waals surface area contributed by atoms with Crippen LogP contribution in [0.15, 0.2) is 24.3 Å². The summed E-state index contributed by atoms with van der Waals surface area (Å²) in [6.07, 6.45) is 10.4. The molecule has 0 spiro atoms. The van der Waals surface area contributed by atoms with Crippen LogP contribution in [-0.2, 0) is 4.74 Å². The van der Waals surface area contributed by atoms with Crippen LogP contribution in [0.2, 0.25) is 0 Å². The van der Waals surface area contributed by atoms with Crippen LogP contribution < -0.4 is 0 Å². The highest BCUT2D eigenvalue weighted by Gasteiger charge is 2.16. The molecule has 0 aliphatic carbocycles. The number of rotatable bonds is 5. The van der Waals surface area contributed by atoms with Crippen LogP contribution >= 0.6 is 0 Å². The van der Waals surface area contributed by atoms with Gasteiger partial charge in [-0.15, -0.1) is 6.58 Å². The lowest BCUT2D eigenvalue weighted by molar-refractivity contribution is 0.0623. The van der Waals surface area contributed by atoms with E-state index in [-0.39, 0.29) is 0 Å². The number of unbranched alkanes of at least 4 members (excludes halogenated alkanes) is 1. The van der Waals surface area contributed by atoms with Gasteiger partial charge >= 0.3 is 0 Å². The van der Waals surface area contributed by atoms with Gasteiger partial charge in [-0.3, -0.25) is 0 Å². The predicted molar refractivity (Wildman–Crippen MR) is 56.8 cm³/mol. The summed E-state index contributed by atoms with van der Waals surface area (Å²) in [5.74, 6) is 0. The second-order valence-corrected chi connectivity index (χ2v) is 3.56. The van der Waals surface area contributed by atoms with Gasteiger partial charge in [0, 0.05) is 0 Å². The van der Waals surface area contributed by atoms with E-state index in [2.05, 4.69) is 19.6 Å². The molecule has 1 heteroatoms. The fourth-order valence-electron chi connectivity index (χ4n) is 1.73. The molecule has 1 aliphatic heterocycles. The molecule has 0 fully saturated rings. The Kier molecular flexibility index (Phi) is 4.84. The Labute approximate surface area is 81.5 Å². The molecule has 13 heavy (non-hydrogen) atoms. The minimum atomic E-state index is 0.381. The van der Waals surface area contributed by atoms with Crippen LogP contribution in [0.4, 0.5) is 0 Å². The minimum Gasteiger partial charge on any atom is -0.374 e. The lowest BCUT2D eigenvalue weighted by atomic mass is 9.98. The molecule has 1 aliphatic rings. The second-order valence-electron chi connectivity index (χ2n) is 3.56. The first-order valence-electron chi connectivity index (χ1n) is 5.30. The molecule has 0 amide bonds. The predicted octanol–water partition coefficient (Wildman–Crippen LogP) is 3.47. The van der Waals surface area contributed by atoms with Gasteiger partial charge in [0.2, 0.25) is 0 Å². The average Bonchev–Trinajstić information content (AvgIpc) is 2.17. The van der Waals surface area contributed by atoms with Gasteiger partial charge in [-0.2, -0.15) is 0 Å². The van der Waals surface area contributed by atoms with Crippen molar-refractivity contribution in [2.75, 3.05) is 6.61 Å². The average molecular weight is 180 g/mol. The summed E-state index contributed by atoms with van der Waals surface area (Å²) >= 11 is 0. The van der Waals surface area contributed by atoms with Gasteiger partial charge in [0.25, 0.3) is 0 Å². The van der Waals surface area contributed by atoms with Crippen molar-refractivity contribution in [1.29, 1.82) is 0 Å². The van der Waals surface area contributed by atoms with E-state index in [1.54, 1.807) is 0 Å². The molecule has 74 valence electrons. The SMILES string of the molecule is C=CCC1=CCCOC1CCCC. The fraction of sp³-hybridized carbons (Fsp3) is 0.667. The third-order valence-electron chi connectivity index (χ3n) is 2.46. The van der Waals surface area contributed by atoms with Crippen molar-refractivity contribution < 1.29 is 4.74 Å². The van der Waals surface area contributed by atoms with E-state index in [0.29, 0.717) is 6.10 Å². The maximum Gasteiger partial charge on any atom is 0.0788 e. The summed E-state index contributed by atoms with van der Waals surface area (Å²) in [7, 11) is 0. The van der Waals surface area contributed by atoms with Crippen molar-refractivity contribution in [3.8, 4) is 0 Å². The summed E-state index contributed by atoms with van der Waals surface area (Å²) in [4.78, 5) is 0. The Balaban J connectivity index is 2.44. The Hall–Kier alpha value is -0.560. The van der Waals surface area contributed by atoms with Crippen molar-refractivity contribution in [2.24, 2.45) is 0 Å². The molecule has 1 atom stereocenters. The normalized spacial score (nSPS) is 22.5. The van der Waals surface area contributed by atoms with Crippen LogP contribution in [0.25, 0.3) is 0 Å². The zero-order chi connectivity index (χ0) is 9.52. The molecule has 1 nitrogen and oxygen atoms in total. The first kappa shape index (κ1) is 10.5. The standard InChI is InChI=1S/C12H20O/c1-3-5-9-12-11(7-4-2)8-6-10-13-12/h4,8,12H,2-3,5-7,9-10H2,1H3. The maximum absolute atomic E-state index is 5.73. The Morgan fingerprint density at radius 3 is 3.23 bits per heavy atom. The third kappa shape index (κ3) is 3.35. The molecule has 0 aromatic heterocycles. The van der Waals surface area contributed by atoms with Gasteiger partial charge in [0.15, 0.2) is 0 Å². The second kappa shape index (κ2) is 5.98. The van der Waals surface area contributed by atoms with Gasteiger partial charge < -0.3 is 4.74 Å². The van der Waals surface area contributed by atoms with Crippen molar-refractivity contribution in [2.45, 2.75) is 45.1 Å². The van der Waals surface area contributed by atoms with Crippen LogP contribution in [0.3, 0.4) is 0 Å². The number of hydrogen-bond acceptors (Lipinski definition) is 1. The van der Waals surface area contributed by atoms with Gasteiger partial charge in [0.1, 0.15) is 0 Å². The minimum absolute atomic E-state index is 0.381. The molecule has 1 rings (SSSR count). The zero-order valence-electron chi connectivity index (χ0n) is 8.59. The lowest BCUT2D eigenvalue weighted by Crippen LogP contribution is -2.20. The van der Waals surface area contributed by atoms with Crippen molar-refractivity contribution in [3.05, 3.63) is 24.3 Å². The van der Waals surface area contributed by atoms with Gasteiger partial charge in [0.05, 0.1) is 12.7 Å². The van der Waals surface area contributed by atoms with E-state index in [4.69, 9.17) is 4.74 Å². The van der Waals surface area contributed by atoms with Crippen LogP contribution in [0.1, 0.15) is 39.0 Å². The summed E-state index contributed by atoms with van der Waals surface area (Å²) in [5.41, 5.74) is 1.44. The zero-order valence-corrected chi connectivity index (χ0v) is 8.59. The van der Waals surface area contributed by atoms with E-state index in [0.717, 1.165) is 19.4 Å². The van der Waals surface area contributed by atoms with Crippen LogP contribution in [-0.4, -0.2) is 12.7 Å². The smallest absolute Gasteiger partial charge is 0.0788 e. The third-order valence-corrected chi connectivity index (χ3v) is 2.46. The molecular weight excluding hydrogens is 160 g/mol. The van der Waals surface area contributed by atoms with E-state index in [1.165, 1.54) is 24.8 Å². The van der Waals surface area contributed by atoms with Crippen LogP contribution in [0.5, 0.6) is 0 Å². The lowest BCUT2D eigenvalue weighted by Gasteiger charge is -2.24. The molecule has 0 aromatic carbocycles. The Bertz CT molecular complexity index is 182. The van der Waals surface area contributed by atoms with Crippen molar-refractivity contribution >= 4 is 0 Å². The Morgan fingerprint density at radius 2 is 2.54 bits per heavy atom. The first-order chi connectivity index (χ1) is 6.38. The van der Waals surface area contributed by atoms with Crippen molar-refractivity contribution in [1.82, 2.24) is 0 Å². The molecule has 0 saturated heterocycles. The summed E-state index contributed by atoms with van der Waals surface area (Å²) in [6, 6.07) is 0. The quantitative estimate of drug-likeness (QED) is 0.589. The number of hydrogen-bond donors (Lipinski definition) is 0. The molecule has 0 N–H and O–H groups in total. The number of allylic oxidation sites excluding steroid dienone is 1. The van der Waals surface area contributed by atoms with E-state index in [1.807, 2.05) is 6.08 Å². The highest BCUT2D eigenvalue weighted by molar-refractivity contribution is 5.13. The maximum atomic E-state index is 5.73. The monoisotopic (exact) mass is 180 g/mol. The molecular formula is C12H20O. The van der Waals surface area contributed by atoms with Crippen molar-refractivity contribution in [3.63, 3.8) is 0 Å². The molecule has 0 saturated carbocycles. The summed E-state index contributed by atoms with van der Waals surface area (Å²) in [6.45, 7) is 6.89. The number of ether oxygens (including phenoxy) is 1. The van der Waals surface area contributed by atoms with Gasteiger partial charge in [-0.05, 0) is 24.8 Å². The van der Waals surface area contributed by atoms with E-state index < -0.39 is 0 Å². The largest absolute Gasteiger partial charge is 0.374 e. The fourth-order valence-corrected chi connectivity index (χ4v) is 1.73. The topological polar surface area (TPSA) is 9.23 Å². The highest BCUT2D eigenvalue weighted by Crippen LogP contribution is 2.22. The summed E-state index contributed by atoms with van der Waals surface area (Å²) < 4.78 is 5.73. The molecule has 0 aromatic rings. The van der Waals surface area contributed by atoms with E-state index >= 15 is 0 Å². The van der Waals surface area contributed by atoms with Gasteiger partial charge in [-0.25, -0.2) is 0 Å². The van der Waals surface area contributed by atoms with E-state index in [9.17, 15) is 0 Å². The van der Waals surface area contributed by atoms with Crippen LogP contribution in [0, 0.1) is 0 Å². The highest BCUT2D eigenvalue weighted by atomic mass is 16.5. The molecule has 1 unspecified atom stereocenters.